The fraction of sp³-hybridized carbons (Fsp3) is 0.321. The van der Waals surface area contributed by atoms with E-state index in [1.807, 2.05) is 93.7 Å². The number of pyridine rings is 1. The third-order valence-corrected chi connectivity index (χ3v) is 6.08. The van der Waals surface area contributed by atoms with Crippen LogP contribution in [0.25, 0.3) is 11.1 Å². The van der Waals surface area contributed by atoms with Crippen LogP contribution in [-0.2, 0) is 9.53 Å². The molecular formula is C28H31N3O3. The molecule has 1 saturated heterocycles. The minimum Gasteiger partial charge on any atom is -0.444 e. The second kappa shape index (κ2) is 9.67. The molecule has 1 aliphatic rings. The van der Waals surface area contributed by atoms with Gasteiger partial charge in [-0.1, -0.05) is 48.5 Å². The first-order valence-corrected chi connectivity index (χ1v) is 11.5. The Hall–Kier alpha value is -3.67. The molecule has 0 bridgehead atoms. The fourth-order valence-electron chi connectivity index (χ4n) is 4.37. The number of nitrogens with zero attached hydrogens (tertiary/aromatic N) is 3. The summed E-state index contributed by atoms with van der Waals surface area (Å²) in [5.41, 5.74) is 3.24. The molecule has 3 aromatic rings. The number of ether oxygens (including phenoxy) is 1. The van der Waals surface area contributed by atoms with Crippen LogP contribution >= 0.6 is 0 Å². The normalized spacial score (nSPS) is 17.9. The van der Waals surface area contributed by atoms with E-state index in [1.165, 1.54) is 0 Å². The van der Waals surface area contributed by atoms with Crippen molar-refractivity contribution in [3.8, 4) is 11.1 Å². The van der Waals surface area contributed by atoms with Crippen molar-refractivity contribution in [1.29, 1.82) is 0 Å². The van der Waals surface area contributed by atoms with Crippen LogP contribution in [0.4, 0.5) is 10.5 Å². The number of carbonyl (C=O) groups is 2. The number of hydrogen-bond donors (Lipinski definition) is 0. The third-order valence-electron chi connectivity index (χ3n) is 6.08. The maximum absolute atomic E-state index is 13.8. The Labute approximate surface area is 201 Å². The average molecular weight is 458 g/mol. The maximum atomic E-state index is 13.8. The van der Waals surface area contributed by atoms with Crippen LogP contribution < -0.4 is 4.90 Å². The van der Waals surface area contributed by atoms with Crippen molar-refractivity contribution >= 4 is 17.7 Å². The fourth-order valence-corrected chi connectivity index (χ4v) is 4.37. The Kier molecular flexibility index (Phi) is 6.68. The Morgan fingerprint density at radius 1 is 0.971 bits per heavy atom. The van der Waals surface area contributed by atoms with E-state index in [1.54, 1.807) is 23.0 Å². The van der Waals surface area contributed by atoms with Crippen molar-refractivity contribution in [2.24, 2.45) is 5.92 Å². The van der Waals surface area contributed by atoms with Gasteiger partial charge in [0, 0.05) is 49.7 Å². The van der Waals surface area contributed by atoms with Gasteiger partial charge in [0.25, 0.3) is 0 Å². The summed E-state index contributed by atoms with van der Waals surface area (Å²) in [6.07, 6.45) is 3.16. The summed E-state index contributed by atoms with van der Waals surface area (Å²) in [6, 6.07) is 21.7. The summed E-state index contributed by atoms with van der Waals surface area (Å²) in [4.78, 5) is 34.1. The first kappa shape index (κ1) is 23.5. The van der Waals surface area contributed by atoms with Crippen LogP contribution in [0.15, 0.2) is 79.1 Å². The van der Waals surface area contributed by atoms with Gasteiger partial charge in [0.05, 0.1) is 5.92 Å². The molecule has 1 fully saturated rings. The highest BCUT2D eigenvalue weighted by atomic mass is 16.6. The number of benzene rings is 2. The van der Waals surface area contributed by atoms with E-state index >= 15 is 0 Å². The van der Waals surface area contributed by atoms with E-state index in [0.29, 0.717) is 13.1 Å². The lowest BCUT2D eigenvalue weighted by atomic mass is 9.88. The topological polar surface area (TPSA) is 62.7 Å². The predicted octanol–water partition coefficient (Wildman–Crippen LogP) is 5.36. The van der Waals surface area contributed by atoms with Gasteiger partial charge in [0.2, 0.25) is 5.91 Å². The number of carbonyl (C=O) groups excluding carboxylic acids is 2. The molecule has 1 aliphatic heterocycles. The predicted molar refractivity (Wildman–Crippen MR) is 134 cm³/mol. The van der Waals surface area contributed by atoms with E-state index < -0.39 is 5.60 Å². The van der Waals surface area contributed by atoms with Crippen molar-refractivity contribution in [2.75, 3.05) is 25.0 Å². The number of hydrogen-bond acceptors (Lipinski definition) is 4. The molecule has 0 unspecified atom stereocenters. The van der Waals surface area contributed by atoms with E-state index in [9.17, 15) is 9.59 Å². The molecule has 0 aliphatic carbocycles. The first-order chi connectivity index (χ1) is 16.2. The zero-order chi connectivity index (χ0) is 24.3. The number of anilines is 1. The molecule has 176 valence electrons. The second-order valence-electron chi connectivity index (χ2n) is 9.70. The highest BCUT2D eigenvalue weighted by Crippen LogP contribution is 2.36. The lowest BCUT2D eigenvalue weighted by molar-refractivity contribution is -0.122. The van der Waals surface area contributed by atoms with E-state index in [4.69, 9.17) is 4.74 Å². The molecule has 2 aromatic carbocycles. The van der Waals surface area contributed by atoms with Crippen molar-refractivity contribution in [1.82, 2.24) is 9.88 Å². The summed E-state index contributed by atoms with van der Waals surface area (Å²) < 4.78 is 5.60. The minimum absolute atomic E-state index is 0.0248. The van der Waals surface area contributed by atoms with Crippen molar-refractivity contribution < 1.29 is 14.3 Å². The molecule has 2 amide bonds. The molecular weight excluding hydrogens is 426 g/mol. The Bertz CT molecular complexity index is 1140. The van der Waals surface area contributed by atoms with Crippen LogP contribution in [0, 0.1) is 5.92 Å². The molecule has 0 N–H and O–H groups in total. The van der Waals surface area contributed by atoms with Gasteiger partial charge >= 0.3 is 6.09 Å². The minimum atomic E-state index is -0.592. The average Bonchev–Trinajstić information content (AvgIpc) is 3.29. The Morgan fingerprint density at radius 2 is 1.71 bits per heavy atom. The largest absolute Gasteiger partial charge is 0.444 e. The summed E-state index contributed by atoms with van der Waals surface area (Å²) in [5, 5.41) is 0. The Balaban J connectivity index is 1.60. The third kappa shape index (κ3) is 5.28. The molecule has 34 heavy (non-hydrogen) atoms. The van der Waals surface area contributed by atoms with Gasteiger partial charge in [-0.15, -0.1) is 0 Å². The standard InChI is InChI=1S/C28H31N3O3/c1-28(2,3)34-27(33)31-18-24(20-10-6-5-7-11-20)25(19-31)26(32)30(4)23-14-8-12-21(16-23)22-13-9-15-29-17-22/h5-17,24-25H,18-19H2,1-4H3/t24-,25+/m0/s1. The lowest BCUT2D eigenvalue weighted by Crippen LogP contribution is -2.38. The van der Waals surface area contributed by atoms with Gasteiger partial charge < -0.3 is 14.5 Å². The van der Waals surface area contributed by atoms with Crippen molar-refractivity contribution in [3.05, 3.63) is 84.7 Å². The van der Waals surface area contributed by atoms with Gasteiger partial charge in [0.15, 0.2) is 0 Å². The van der Waals surface area contributed by atoms with Gasteiger partial charge in [-0.3, -0.25) is 9.78 Å². The van der Waals surface area contributed by atoms with Gasteiger partial charge in [-0.2, -0.15) is 0 Å². The first-order valence-electron chi connectivity index (χ1n) is 11.5. The molecule has 2 heterocycles. The smallest absolute Gasteiger partial charge is 0.410 e. The van der Waals surface area contributed by atoms with Crippen LogP contribution in [0.2, 0.25) is 0 Å². The van der Waals surface area contributed by atoms with Gasteiger partial charge in [-0.25, -0.2) is 4.79 Å². The summed E-state index contributed by atoms with van der Waals surface area (Å²) in [5.74, 6) is -0.504. The molecule has 0 spiro atoms. The Morgan fingerprint density at radius 3 is 2.38 bits per heavy atom. The zero-order valence-electron chi connectivity index (χ0n) is 20.1. The molecule has 0 saturated carbocycles. The van der Waals surface area contributed by atoms with Crippen LogP contribution in [0.3, 0.4) is 0 Å². The molecule has 0 radical (unpaired) electrons. The molecule has 4 rings (SSSR count). The van der Waals surface area contributed by atoms with E-state index in [-0.39, 0.29) is 23.8 Å². The molecule has 2 atom stereocenters. The number of rotatable bonds is 4. The highest BCUT2D eigenvalue weighted by Gasteiger charge is 2.42. The highest BCUT2D eigenvalue weighted by molar-refractivity contribution is 5.96. The molecule has 1 aromatic heterocycles. The number of aromatic nitrogens is 1. The zero-order valence-corrected chi connectivity index (χ0v) is 20.1. The summed E-state index contributed by atoms with van der Waals surface area (Å²) in [7, 11) is 1.79. The number of amides is 2. The number of likely N-dealkylation sites (tertiary alicyclic amines) is 1. The van der Waals surface area contributed by atoms with Crippen molar-refractivity contribution in [3.63, 3.8) is 0 Å². The van der Waals surface area contributed by atoms with Crippen LogP contribution in [-0.4, -0.2) is 47.6 Å². The monoisotopic (exact) mass is 457 g/mol. The second-order valence-corrected chi connectivity index (χ2v) is 9.70. The van der Waals surface area contributed by atoms with Crippen molar-refractivity contribution in [2.45, 2.75) is 32.3 Å². The molecule has 6 heteroatoms. The quantitative estimate of drug-likeness (QED) is 0.529. The van der Waals surface area contributed by atoms with Crippen LogP contribution in [0.1, 0.15) is 32.3 Å². The lowest BCUT2D eigenvalue weighted by Gasteiger charge is -2.25. The van der Waals surface area contributed by atoms with E-state index in [0.717, 1.165) is 22.4 Å². The summed E-state index contributed by atoms with van der Waals surface area (Å²) >= 11 is 0. The van der Waals surface area contributed by atoms with Gasteiger partial charge in [-0.05, 0) is 50.1 Å². The molecule has 6 nitrogen and oxygen atoms in total. The SMILES string of the molecule is CN(C(=O)[C@@H]1CN(C(=O)OC(C)(C)C)C[C@H]1c1ccccc1)c1cccc(-c2cccnc2)c1. The maximum Gasteiger partial charge on any atom is 0.410 e. The van der Waals surface area contributed by atoms with Crippen LogP contribution in [0.5, 0.6) is 0 Å². The summed E-state index contributed by atoms with van der Waals surface area (Å²) in [6.45, 7) is 6.31. The van der Waals surface area contributed by atoms with Gasteiger partial charge in [0.1, 0.15) is 5.60 Å². The van der Waals surface area contributed by atoms with E-state index in [2.05, 4.69) is 4.98 Å².